The Labute approximate surface area is 106 Å². The molecule has 0 aliphatic carbocycles. The van der Waals surface area contributed by atoms with E-state index in [-0.39, 0.29) is 6.42 Å². The molecule has 18 heavy (non-hydrogen) atoms. The smallest absolute Gasteiger partial charge is 0.303 e. The third-order valence-corrected chi connectivity index (χ3v) is 2.46. The summed E-state index contributed by atoms with van der Waals surface area (Å²) in [6.07, 6.45) is 0.760. The lowest BCUT2D eigenvalue weighted by Crippen LogP contribution is -2.15. The first-order chi connectivity index (χ1) is 8.67. The molecule has 0 saturated heterocycles. The van der Waals surface area contributed by atoms with Crippen LogP contribution in [0.2, 0.25) is 0 Å². The normalized spacial score (nSPS) is 9.78. The van der Waals surface area contributed by atoms with E-state index < -0.39 is 5.97 Å². The predicted molar refractivity (Wildman–Crippen MR) is 66.3 cm³/mol. The van der Waals surface area contributed by atoms with Gasteiger partial charge in [-0.05, 0) is 30.7 Å². The fourth-order valence-electron chi connectivity index (χ4n) is 1.55. The molecule has 1 rings (SSSR count). The topological polar surface area (TPSA) is 82.3 Å². The Balaban J connectivity index is 2.44. The summed E-state index contributed by atoms with van der Waals surface area (Å²) in [6, 6.07) is 7.48. The number of hydrogen-bond donors (Lipinski definition) is 2. The molecule has 5 heteroatoms. The van der Waals surface area contributed by atoms with Crippen LogP contribution in [0.5, 0.6) is 5.75 Å². The molecular weight excluding hydrogens is 232 g/mol. The van der Waals surface area contributed by atoms with Crippen LogP contribution < -0.4 is 10.1 Å². The van der Waals surface area contributed by atoms with Gasteiger partial charge in [-0.1, -0.05) is 6.07 Å². The molecule has 0 heterocycles. The Morgan fingerprint density at radius 1 is 1.56 bits per heavy atom. The minimum atomic E-state index is -0.784. The van der Waals surface area contributed by atoms with E-state index in [2.05, 4.69) is 11.4 Å². The monoisotopic (exact) mass is 248 g/mol. The van der Waals surface area contributed by atoms with Gasteiger partial charge in [0.15, 0.2) is 0 Å². The lowest BCUT2D eigenvalue weighted by atomic mass is 10.1. The summed E-state index contributed by atoms with van der Waals surface area (Å²) in [7, 11) is 1.53. The number of ether oxygens (including phenoxy) is 1. The maximum atomic E-state index is 10.3. The molecule has 0 fully saturated rings. The summed E-state index contributed by atoms with van der Waals surface area (Å²) in [5.74, 6) is -0.222. The van der Waals surface area contributed by atoms with Gasteiger partial charge in [0, 0.05) is 13.0 Å². The Kier molecular flexibility index (Phi) is 5.68. The molecule has 0 aliphatic rings. The van der Waals surface area contributed by atoms with Crippen molar-refractivity contribution in [3.63, 3.8) is 0 Å². The van der Waals surface area contributed by atoms with Crippen LogP contribution in [0.1, 0.15) is 24.0 Å². The first kappa shape index (κ1) is 14.0. The minimum absolute atomic E-state index is 0.166. The zero-order valence-electron chi connectivity index (χ0n) is 10.3. The summed E-state index contributed by atoms with van der Waals surface area (Å²) in [6.45, 7) is 1.25. The van der Waals surface area contributed by atoms with Crippen molar-refractivity contribution < 1.29 is 14.6 Å². The summed E-state index contributed by atoms with van der Waals surface area (Å²) in [4.78, 5) is 10.3. The largest absolute Gasteiger partial charge is 0.495 e. The molecule has 1 aromatic carbocycles. The van der Waals surface area contributed by atoms with Crippen LogP contribution in [-0.2, 0) is 11.3 Å². The van der Waals surface area contributed by atoms with E-state index in [9.17, 15) is 4.79 Å². The van der Waals surface area contributed by atoms with Crippen molar-refractivity contribution in [1.29, 1.82) is 5.26 Å². The van der Waals surface area contributed by atoms with Gasteiger partial charge in [0.25, 0.3) is 0 Å². The van der Waals surface area contributed by atoms with Crippen molar-refractivity contribution in [1.82, 2.24) is 5.32 Å². The summed E-state index contributed by atoms with van der Waals surface area (Å²) in [5.41, 5.74) is 1.48. The van der Waals surface area contributed by atoms with Gasteiger partial charge in [-0.2, -0.15) is 5.26 Å². The molecule has 0 radical (unpaired) electrons. The van der Waals surface area contributed by atoms with Crippen molar-refractivity contribution in [3.8, 4) is 11.8 Å². The number of methoxy groups -OCH3 is 1. The highest BCUT2D eigenvalue weighted by atomic mass is 16.5. The van der Waals surface area contributed by atoms with Crippen LogP contribution in [-0.4, -0.2) is 24.7 Å². The molecule has 96 valence electrons. The number of nitriles is 1. The zero-order chi connectivity index (χ0) is 13.4. The van der Waals surface area contributed by atoms with E-state index in [0.29, 0.717) is 30.8 Å². The maximum Gasteiger partial charge on any atom is 0.303 e. The second-order valence-corrected chi connectivity index (χ2v) is 3.82. The quantitative estimate of drug-likeness (QED) is 0.715. The zero-order valence-corrected chi connectivity index (χ0v) is 10.3. The molecule has 0 spiro atoms. The third kappa shape index (κ3) is 4.44. The van der Waals surface area contributed by atoms with Crippen LogP contribution >= 0.6 is 0 Å². The number of carboxylic acids is 1. The second kappa shape index (κ2) is 7.30. The average Bonchev–Trinajstić information content (AvgIpc) is 2.37. The second-order valence-electron chi connectivity index (χ2n) is 3.82. The van der Waals surface area contributed by atoms with Gasteiger partial charge >= 0.3 is 5.97 Å². The van der Waals surface area contributed by atoms with Crippen LogP contribution in [0.15, 0.2) is 18.2 Å². The number of nitrogens with one attached hydrogen (secondary N) is 1. The number of nitrogens with zero attached hydrogens (tertiary/aromatic N) is 1. The Hall–Kier alpha value is -2.06. The number of hydrogen-bond acceptors (Lipinski definition) is 4. The molecule has 0 unspecified atom stereocenters. The minimum Gasteiger partial charge on any atom is -0.495 e. The molecule has 0 bridgehead atoms. The molecule has 0 aromatic heterocycles. The lowest BCUT2D eigenvalue weighted by Gasteiger charge is -2.07. The van der Waals surface area contributed by atoms with E-state index in [1.807, 2.05) is 6.07 Å². The molecule has 0 saturated carbocycles. The van der Waals surface area contributed by atoms with Crippen molar-refractivity contribution >= 4 is 5.97 Å². The molecule has 0 amide bonds. The summed E-state index contributed by atoms with van der Waals surface area (Å²) >= 11 is 0. The number of carbonyl (C=O) groups is 1. The fourth-order valence-corrected chi connectivity index (χ4v) is 1.55. The summed E-state index contributed by atoms with van der Waals surface area (Å²) in [5, 5.41) is 20.5. The van der Waals surface area contributed by atoms with Crippen LogP contribution in [0.4, 0.5) is 0 Å². The Bertz CT molecular complexity index is 452. The highest BCUT2D eigenvalue weighted by Crippen LogP contribution is 2.18. The predicted octanol–water partition coefficient (Wildman–Crippen LogP) is 1.52. The van der Waals surface area contributed by atoms with Gasteiger partial charge in [0.2, 0.25) is 0 Å². The number of carboxylic acid groups (broad SMARTS) is 1. The standard InChI is InChI=1S/C13H16N2O3/c1-18-12-5-4-10(7-11(12)8-14)9-15-6-2-3-13(16)17/h4-5,7,15H,2-3,6,9H2,1H3,(H,16,17). The van der Waals surface area contributed by atoms with Crippen LogP contribution in [0.25, 0.3) is 0 Å². The van der Waals surface area contributed by atoms with Gasteiger partial charge in [-0.25, -0.2) is 0 Å². The molecule has 5 nitrogen and oxygen atoms in total. The van der Waals surface area contributed by atoms with Gasteiger partial charge in [0.1, 0.15) is 11.8 Å². The molecular formula is C13H16N2O3. The first-order valence-electron chi connectivity index (χ1n) is 5.67. The van der Waals surface area contributed by atoms with E-state index in [0.717, 1.165) is 5.56 Å². The first-order valence-corrected chi connectivity index (χ1v) is 5.67. The van der Waals surface area contributed by atoms with E-state index in [1.54, 1.807) is 12.1 Å². The van der Waals surface area contributed by atoms with Gasteiger partial charge in [-0.3, -0.25) is 4.79 Å². The van der Waals surface area contributed by atoms with Crippen molar-refractivity contribution in [3.05, 3.63) is 29.3 Å². The molecule has 2 N–H and O–H groups in total. The fraction of sp³-hybridized carbons (Fsp3) is 0.385. The SMILES string of the molecule is COc1ccc(CNCCCC(=O)O)cc1C#N. The van der Waals surface area contributed by atoms with E-state index >= 15 is 0 Å². The third-order valence-electron chi connectivity index (χ3n) is 2.46. The number of aliphatic carboxylic acids is 1. The van der Waals surface area contributed by atoms with Crippen molar-refractivity contribution in [2.75, 3.05) is 13.7 Å². The van der Waals surface area contributed by atoms with Crippen molar-refractivity contribution in [2.45, 2.75) is 19.4 Å². The Morgan fingerprint density at radius 2 is 2.33 bits per heavy atom. The van der Waals surface area contributed by atoms with Crippen LogP contribution in [0.3, 0.4) is 0 Å². The molecule has 0 aliphatic heterocycles. The Morgan fingerprint density at radius 3 is 2.94 bits per heavy atom. The van der Waals surface area contributed by atoms with Crippen LogP contribution in [0, 0.1) is 11.3 Å². The summed E-state index contributed by atoms with van der Waals surface area (Å²) < 4.78 is 5.05. The highest BCUT2D eigenvalue weighted by Gasteiger charge is 2.03. The van der Waals surface area contributed by atoms with Crippen molar-refractivity contribution in [2.24, 2.45) is 0 Å². The van der Waals surface area contributed by atoms with E-state index in [1.165, 1.54) is 7.11 Å². The van der Waals surface area contributed by atoms with Gasteiger partial charge < -0.3 is 15.2 Å². The van der Waals surface area contributed by atoms with Gasteiger partial charge in [-0.15, -0.1) is 0 Å². The lowest BCUT2D eigenvalue weighted by molar-refractivity contribution is -0.137. The number of benzene rings is 1. The maximum absolute atomic E-state index is 10.3. The van der Waals surface area contributed by atoms with Gasteiger partial charge in [0.05, 0.1) is 12.7 Å². The molecule has 0 atom stereocenters. The number of rotatable bonds is 7. The highest BCUT2D eigenvalue weighted by molar-refractivity contribution is 5.66. The van der Waals surface area contributed by atoms with E-state index in [4.69, 9.17) is 15.1 Å². The molecule has 1 aromatic rings. The average molecular weight is 248 g/mol.